The summed E-state index contributed by atoms with van der Waals surface area (Å²) in [4.78, 5) is 31.9. The number of nitrogens with zero attached hydrogens (tertiary/aromatic N) is 2. The molecule has 6 nitrogen and oxygen atoms in total. The molecule has 0 saturated carbocycles. The third-order valence-electron chi connectivity index (χ3n) is 3.48. The van der Waals surface area contributed by atoms with Crippen molar-refractivity contribution in [3.63, 3.8) is 0 Å². The molecule has 0 aliphatic carbocycles. The first-order valence-corrected chi connectivity index (χ1v) is 7.69. The first-order valence-electron chi connectivity index (χ1n) is 7.69. The van der Waals surface area contributed by atoms with Gasteiger partial charge in [-0.1, -0.05) is 43.7 Å². The zero-order chi connectivity index (χ0) is 16.7. The topological polar surface area (TPSA) is 86.3 Å². The molecule has 0 atom stereocenters. The van der Waals surface area contributed by atoms with Gasteiger partial charge in [0.25, 0.3) is 5.91 Å². The normalized spacial score (nSPS) is 10.5. The second-order valence-electron chi connectivity index (χ2n) is 5.36. The van der Waals surface area contributed by atoms with Crippen molar-refractivity contribution in [3.05, 3.63) is 53.6 Å². The number of benzene rings is 1. The molecule has 122 valence electrons. The van der Waals surface area contributed by atoms with Crippen LogP contribution in [0, 0.1) is 0 Å². The minimum atomic E-state index is -1.04. The molecule has 0 bridgehead atoms. The molecule has 23 heavy (non-hydrogen) atoms. The van der Waals surface area contributed by atoms with Crippen LogP contribution in [0.2, 0.25) is 0 Å². The van der Waals surface area contributed by atoms with Crippen molar-refractivity contribution in [2.45, 2.75) is 26.2 Å². The number of carbonyl (C=O) groups is 2. The maximum Gasteiger partial charge on any atom is 0.323 e. The lowest BCUT2D eigenvalue weighted by molar-refractivity contribution is -0.137. The highest BCUT2D eigenvalue weighted by Crippen LogP contribution is 2.07. The molecule has 0 unspecified atom stereocenters. The summed E-state index contributed by atoms with van der Waals surface area (Å²) in [5, 5.41) is 9.04. The number of aliphatic carboxylic acids is 1. The molecule has 2 aromatic rings. The zero-order valence-corrected chi connectivity index (χ0v) is 13.2. The van der Waals surface area contributed by atoms with Crippen molar-refractivity contribution in [3.8, 4) is 0 Å². The third kappa shape index (κ3) is 4.95. The van der Waals surface area contributed by atoms with Crippen LogP contribution in [0.1, 0.15) is 35.2 Å². The summed E-state index contributed by atoms with van der Waals surface area (Å²) in [5.74, 6) is -1.22. The Morgan fingerprint density at radius 1 is 1.22 bits per heavy atom. The maximum absolute atomic E-state index is 12.5. The van der Waals surface area contributed by atoms with Gasteiger partial charge in [0.2, 0.25) is 0 Å². The van der Waals surface area contributed by atoms with E-state index in [1.807, 2.05) is 37.3 Å². The van der Waals surface area contributed by atoms with Gasteiger partial charge in [-0.05, 0) is 18.4 Å². The van der Waals surface area contributed by atoms with Crippen molar-refractivity contribution in [1.82, 2.24) is 14.9 Å². The number of hydrogen-bond donors (Lipinski definition) is 2. The minimum absolute atomic E-state index is 0.197. The van der Waals surface area contributed by atoms with Gasteiger partial charge in [0.15, 0.2) is 5.82 Å². The van der Waals surface area contributed by atoms with E-state index in [2.05, 4.69) is 9.97 Å². The number of carboxylic acids is 1. The van der Waals surface area contributed by atoms with E-state index in [0.29, 0.717) is 13.0 Å². The number of rotatable bonds is 8. The fourth-order valence-electron chi connectivity index (χ4n) is 2.34. The summed E-state index contributed by atoms with van der Waals surface area (Å²) in [6, 6.07) is 9.66. The molecule has 0 aliphatic heterocycles. The van der Waals surface area contributed by atoms with Crippen LogP contribution in [0.3, 0.4) is 0 Å². The van der Waals surface area contributed by atoms with Gasteiger partial charge in [0.1, 0.15) is 6.54 Å². The lowest BCUT2D eigenvalue weighted by atomic mass is 10.1. The van der Waals surface area contributed by atoms with E-state index < -0.39 is 5.97 Å². The first-order chi connectivity index (χ1) is 11.1. The molecule has 0 saturated heterocycles. The number of hydrogen-bond acceptors (Lipinski definition) is 3. The molecule has 1 aromatic carbocycles. The summed E-state index contributed by atoms with van der Waals surface area (Å²) >= 11 is 0. The molecule has 1 heterocycles. The minimum Gasteiger partial charge on any atom is -0.480 e. The van der Waals surface area contributed by atoms with Crippen LogP contribution in [0.25, 0.3) is 0 Å². The number of aryl methyl sites for hydroxylation is 1. The van der Waals surface area contributed by atoms with E-state index in [9.17, 15) is 9.59 Å². The predicted octanol–water partition coefficient (Wildman–Crippen LogP) is 2.13. The van der Waals surface area contributed by atoms with Crippen LogP contribution < -0.4 is 0 Å². The van der Waals surface area contributed by atoms with E-state index >= 15 is 0 Å². The van der Waals surface area contributed by atoms with Crippen LogP contribution in [0.15, 0.2) is 36.5 Å². The summed E-state index contributed by atoms with van der Waals surface area (Å²) in [7, 11) is 0. The summed E-state index contributed by atoms with van der Waals surface area (Å²) in [6.45, 7) is 2.04. The largest absolute Gasteiger partial charge is 0.480 e. The Kier molecular flexibility index (Phi) is 5.91. The van der Waals surface area contributed by atoms with Crippen molar-refractivity contribution in [2.24, 2.45) is 0 Å². The monoisotopic (exact) mass is 315 g/mol. The molecular weight excluding hydrogens is 294 g/mol. The van der Waals surface area contributed by atoms with Crippen LogP contribution in [0.4, 0.5) is 0 Å². The molecule has 2 N–H and O–H groups in total. The second kappa shape index (κ2) is 8.12. The van der Waals surface area contributed by atoms with Gasteiger partial charge < -0.3 is 15.0 Å². The van der Waals surface area contributed by atoms with Crippen LogP contribution >= 0.6 is 0 Å². The lowest BCUT2D eigenvalue weighted by Crippen LogP contribution is -2.37. The number of aromatic nitrogens is 2. The standard InChI is InChI=1S/C17H21N3O3/c1-2-6-14-11-18-16(19-14)17(23)20(12-15(21)22)10-9-13-7-4-3-5-8-13/h3-5,7-8,11H,2,6,9-10,12H2,1H3,(H,18,19)(H,21,22). The predicted molar refractivity (Wildman–Crippen MR) is 86.3 cm³/mol. The summed E-state index contributed by atoms with van der Waals surface area (Å²) in [5.41, 5.74) is 1.94. The smallest absolute Gasteiger partial charge is 0.323 e. The molecule has 0 radical (unpaired) electrons. The van der Waals surface area contributed by atoms with Crippen molar-refractivity contribution in [1.29, 1.82) is 0 Å². The van der Waals surface area contributed by atoms with Gasteiger partial charge >= 0.3 is 5.97 Å². The highest BCUT2D eigenvalue weighted by atomic mass is 16.4. The number of carboxylic acid groups (broad SMARTS) is 1. The lowest BCUT2D eigenvalue weighted by Gasteiger charge is -2.19. The Bertz CT molecular complexity index is 652. The Labute approximate surface area is 135 Å². The number of H-pyrrole nitrogens is 1. The van der Waals surface area contributed by atoms with E-state index in [0.717, 1.165) is 24.1 Å². The molecule has 0 aliphatic rings. The van der Waals surface area contributed by atoms with Crippen molar-refractivity contribution in [2.75, 3.05) is 13.1 Å². The van der Waals surface area contributed by atoms with Gasteiger partial charge in [-0.3, -0.25) is 9.59 Å². The van der Waals surface area contributed by atoms with Gasteiger partial charge in [-0.15, -0.1) is 0 Å². The van der Waals surface area contributed by atoms with Gasteiger partial charge in [0, 0.05) is 18.4 Å². The molecule has 1 aromatic heterocycles. The Hall–Kier alpha value is -2.63. The molecule has 6 heteroatoms. The zero-order valence-electron chi connectivity index (χ0n) is 13.2. The van der Waals surface area contributed by atoms with Crippen LogP contribution in [-0.4, -0.2) is 44.9 Å². The molecular formula is C17H21N3O3. The third-order valence-corrected chi connectivity index (χ3v) is 3.48. The Morgan fingerprint density at radius 2 is 1.96 bits per heavy atom. The van der Waals surface area contributed by atoms with E-state index in [1.54, 1.807) is 6.20 Å². The van der Waals surface area contributed by atoms with Crippen molar-refractivity contribution < 1.29 is 14.7 Å². The fraction of sp³-hybridized carbons (Fsp3) is 0.353. The van der Waals surface area contributed by atoms with Gasteiger partial charge in [-0.2, -0.15) is 0 Å². The Balaban J connectivity index is 2.06. The summed E-state index contributed by atoms with van der Waals surface area (Å²) in [6.07, 6.45) is 3.99. The molecule has 0 fully saturated rings. The van der Waals surface area contributed by atoms with Gasteiger partial charge in [0.05, 0.1) is 0 Å². The van der Waals surface area contributed by atoms with Crippen molar-refractivity contribution >= 4 is 11.9 Å². The Morgan fingerprint density at radius 3 is 2.61 bits per heavy atom. The first kappa shape index (κ1) is 16.7. The highest BCUT2D eigenvalue weighted by molar-refractivity contribution is 5.92. The quantitative estimate of drug-likeness (QED) is 0.781. The average Bonchev–Trinajstić information content (AvgIpc) is 3.00. The molecule has 0 spiro atoms. The number of imidazole rings is 1. The molecule has 2 rings (SSSR count). The van der Waals surface area contributed by atoms with E-state index in [1.165, 1.54) is 4.90 Å². The number of aromatic amines is 1. The highest BCUT2D eigenvalue weighted by Gasteiger charge is 2.21. The van der Waals surface area contributed by atoms with Gasteiger partial charge in [-0.25, -0.2) is 4.98 Å². The van der Waals surface area contributed by atoms with Crippen LogP contribution in [-0.2, 0) is 17.6 Å². The molecule has 1 amide bonds. The SMILES string of the molecule is CCCc1cnc(C(=O)N(CCc2ccccc2)CC(=O)O)[nH]1. The fourth-order valence-corrected chi connectivity index (χ4v) is 2.34. The average molecular weight is 315 g/mol. The maximum atomic E-state index is 12.5. The second-order valence-corrected chi connectivity index (χ2v) is 5.36. The summed E-state index contributed by atoms with van der Waals surface area (Å²) < 4.78 is 0. The van der Waals surface area contributed by atoms with E-state index in [-0.39, 0.29) is 18.3 Å². The number of nitrogens with one attached hydrogen (secondary N) is 1. The van der Waals surface area contributed by atoms with E-state index in [4.69, 9.17) is 5.11 Å². The number of carbonyl (C=O) groups excluding carboxylic acids is 1. The number of amides is 1. The van der Waals surface area contributed by atoms with Crippen LogP contribution in [0.5, 0.6) is 0 Å².